The second kappa shape index (κ2) is 1.79. The molecule has 3 nitrogen and oxygen atoms in total. The molecule has 1 aliphatic heterocycles. The lowest BCUT2D eigenvalue weighted by atomic mass is 10.3. The predicted molar refractivity (Wildman–Crippen MR) is 37.5 cm³/mol. The minimum atomic E-state index is 0.962. The molecule has 0 saturated heterocycles. The topological polar surface area (TPSA) is 31.9 Å². The lowest BCUT2D eigenvalue weighted by molar-refractivity contribution is 0.499. The van der Waals surface area contributed by atoms with Crippen molar-refractivity contribution >= 4 is 9.39 Å². The molecule has 0 spiro atoms. The first kappa shape index (κ1) is 5.39. The Morgan fingerprint density at radius 2 is 2.56 bits per heavy atom. The van der Waals surface area contributed by atoms with Crippen molar-refractivity contribution in [2.75, 3.05) is 0 Å². The molecule has 48 valence electrons. The van der Waals surface area contributed by atoms with Crippen molar-refractivity contribution < 1.29 is 0 Å². The maximum absolute atomic E-state index is 4.07. The highest BCUT2D eigenvalue weighted by Gasteiger charge is 2.16. The summed E-state index contributed by atoms with van der Waals surface area (Å²) in [5, 5.41) is 6.90. The van der Waals surface area contributed by atoms with Crippen molar-refractivity contribution in [2.45, 2.75) is 13.1 Å². The molecular formula is C5H8N3P. The molecule has 0 aromatic carbocycles. The number of hydrogen-bond donors (Lipinski definition) is 1. The molecule has 2 rings (SSSR count). The second-order valence-electron chi connectivity index (χ2n) is 2.26. The number of fused-ring (bicyclic) bond motifs is 1. The number of nitrogens with one attached hydrogen (secondary N) is 1. The summed E-state index contributed by atoms with van der Waals surface area (Å²) in [5.41, 5.74) is 2.51. The largest absolute Gasteiger partial charge is 0.285 e. The van der Waals surface area contributed by atoms with Gasteiger partial charge in [0.25, 0.3) is 0 Å². The Morgan fingerprint density at radius 3 is 3.33 bits per heavy atom. The molecule has 0 fully saturated rings. The second-order valence-corrected chi connectivity index (χ2v) is 2.99. The van der Waals surface area contributed by atoms with Gasteiger partial charge < -0.3 is 0 Å². The predicted octanol–water partition coefficient (Wildman–Crippen LogP) is 0.515. The Kier molecular flexibility index (Phi) is 1.07. The summed E-state index contributed by atoms with van der Waals surface area (Å²) < 4.78 is 2.16. The first-order chi connectivity index (χ1) is 4.36. The summed E-state index contributed by atoms with van der Waals surface area (Å²) in [6.45, 7) is 1.97. The summed E-state index contributed by atoms with van der Waals surface area (Å²) in [5.74, 6) is 0. The van der Waals surface area contributed by atoms with Crippen LogP contribution in [0.5, 0.6) is 0 Å². The van der Waals surface area contributed by atoms with Crippen LogP contribution in [-0.2, 0) is 13.1 Å². The van der Waals surface area contributed by atoms with Gasteiger partial charge in [0.15, 0.2) is 0 Å². The van der Waals surface area contributed by atoms with E-state index in [0.717, 1.165) is 13.1 Å². The van der Waals surface area contributed by atoms with Gasteiger partial charge in [0.05, 0.1) is 5.69 Å². The molecule has 0 aliphatic carbocycles. The minimum absolute atomic E-state index is 0.962. The number of aromatic amines is 1. The smallest absolute Gasteiger partial charge is 0.0810 e. The van der Waals surface area contributed by atoms with Crippen molar-refractivity contribution in [3.05, 3.63) is 17.5 Å². The fraction of sp³-hybridized carbons (Fsp3) is 0.400. The number of aromatic nitrogens is 2. The third kappa shape index (κ3) is 0.769. The fourth-order valence-electron chi connectivity index (χ4n) is 1.08. The van der Waals surface area contributed by atoms with E-state index in [0.29, 0.717) is 0 Å². The Hall–Kier alpha value is -0.400. The van der Waals surface area contributed by atoms with Crippen LogP contribution in [0.15, 0.2) is 6.20 Å². The first-order valence-electron chi connectivity index (χ1n) is 2.87. The zero-order valence-corrected chi connectivity index (χ0v) is 6.12. The molecule has 1 aliphatic rings. The average Bonchev–Trinajstić information content (AvgIpc) is 2.22. The van der Waals surface area contributed by atoms with E-state index in [1.165, 1.54) is 11.3 Å². The maximum Gasteiger partial charge on any atom is 0.0810 e. The van der Waals surface area contributed by atoms with Gasteiger partial charge in [0.1, 0.15) is 0 Å². The van der Waals surface area contributed by atoms with Gasteiger partial charge in [-0.1, -0.05) is 9.39 Å². The summed E-state index contributed by atoms with van der Waals surface area (Å²) in [4.78, 5) is 0. The van der Waals surface area contributed by atoms with Gasteiger partial charge in [0.2, 0.25) is 0 Å². The summed E-state index contributed by atoms with van der Waals surface area (Å²) in [6, 6.07) is 0. The van der Waals surface area contributed by atoms with E-state index in [-0.39, 0.29) is 0 Å². The van der Waals surface area contributed by atoms with E-state index in [2.05, 4.69) is 24.3 Å². The average molecular weight is 141 g/mol. The molecule has 1 aromatic rings. The van der Waals surface area contributed by atoms with E-state index in [9.17, 15) is 0 Å². The molecule has 1 aromatic heterocycles. The zero-order chi connectivity index (χ0) is 6.27. The van der Waals surface area contributed by atoms with E-state index in [1.54, 1.807) is 0 Å². The molecule has 9 heavy (non-hydrogen) atoms. The van der Waals surface area contributed by atoms with E-state index in [4.69, 9.17) is 0 Å². The van der Waals surface area contributed by atoms with Gasteiger partial charge >= 0.3 is 0 Å². The lowest BCUT2D eigenvalue weighted by Gasteiger charge is -2.02. The molecule has 2 heterocycles. The van der Waals surface area contributed by atoms with Crippen LogP contribution in [0.3, 0.4) is 0 Å². The van der Waals surface area contributed by atoms with Crippen molar-refractivity contribution in [3.63, 3.8) is 0 Å². The fourth-order valence-corrected chi connectivity index (χ4v) is 1.45. The van der Waals surface area contributed by atoms with Gasteiger partial charge in [-0.3, -0.25) is 9.77 Å². The van der Waals surface area contributed by atoms with Gasteiger partial charge in [-0.2, -0.15) is 5.10 Å². The maximum atomic E-state index is 4.07. The van der Waals surface area contributed by atoms with E-state index < -0.39 is 0 Å². The van der Waals surface area contributed by atoms with Crippen LogP contribution >= 0.6 is 9.39 Å². The third-order valence-corrected chi connectivity index (χ3v) is 1.90. The third-order valence-electron chi connectivity index (χ3n) is 1.54. The van der Waals surface area contributed by atoms with E-state index >= 15 is 0 Å². The van der Waals surface area contributed by atoms with Crippen LogP contribution in [-0.4, -0.2) is 14.9 Å². The van der Waals surface area contributed by atoms with Crippen LogP contribution in [0.1, 0.15) is 11.3 Å². The Balaban J connectivity index is 2.39. The zero-order valence-electron chi connectivity index (χ0n) is 4.96. The molecule has 0 bridgehead atoms. The quantitative estimate of drug-likeness (QED) is 0.534. The number of nitrogens with zero attached hydrogens (tertiary/aromatic N) is 2. The van der Waals surface area contributed by atoms with Gasteiger partial charge in [-0.15, -0.1) is 0 Å². The van der Waals surface area contributed by atoms with Crippen LogP contribution < -0.4 is 0 Å². The Labute approximate surface area is 55.7 Å². The highest BCUT2D eigenvalue weighted by atomic mass is 31.0. The van der Waals surface area contributed by atoms with Crippen LogP contribution in [0.25, 0.3) is 0 Å². The summed E-state index contributed by atoms with van der Waals surface area (Å²) >= 11 is 0. The van der Waals surface area contributed by atoms with Crippen molar-refractivity contribution in [1.29, 1.82) is 0 Å². The molecule has 1 atom stereocenters. The van der Waals surface area contributed by atoms with Crippen molar-refractivity contribution in [2.24, 2.45) is 0 Å². The molecular weight excluding hydrogens is 133 g/mol. The normalized spacial score (nSPS) is 18.3. The minimum Gasteiger partial charge on any atom is -0.285 e. The lowest BCUT2D eigenvalue weighted by Crippen LogP contribution is -1.99. The monoisotopic (exact) mass is 141 g/mol. The number of hydrogen-bond acceptors (Lipinski definition) is 2. The van der Waals surface area contributed by atoms with E-state index in [1.807, 2.05) is 6.20 Å². The summed E-state index contributed by atoms with van der Waals surface area (Å²) in [7, 11) is 2.67. The van der Waals surface area contributed by atoms with Crippen LogP contribution in [0, 0.1) is 0 Å². The number of rotatable bonds is 0. The molecule has 0 amide bonds. The SMILES string of the molecule is PN1Cc2c[nH]nc2C1. The molecule has 0 saturated carbocycles. The molecule has 0 radical (unpaired) electrons. The molecule has 1 unspecified atom stereocenters. The van der Waals surface area contributed by atoms with Crippen LogP contribution in [0.4, 0.5) is 0 Å². The Morgan fingerprint density at radius 1 is 1.67 bits per heavy atom. The summed E-state index contributed by atoms with van der Waals surface area (Å²) in [6.07, 6.45) is 1.96. The van der Waals surface area contributed by atoms with Gasteiger partial charge in [-0.05, 0) is 0 Å². The first-order valence-corrected chi connectivity index (χ1v) is 3.39. The van der Waals surface area contributed by atoms with Gasteiger partial charge in [0, 0.05) is 24.8 Å². The standard InChI is InChI=1S/C5H8N3P/c9-8-2-4-1-6-7-5(4)3-8/h1H,2-3,9H2,(H,6,7). The van der Waals surface area contributed by atoms with Crippen molar-refractivity contribution in [1.82, 2.24) is 14.9 Å². The Bertz CT molecular complexity index is 199. The highest BCUT2D eigenvalue weighted by Crippen LogP contribution is 2.22. The molecule has 4 heteroatoms. The molecule has 1 N–H and O–H groups in total. The van der Waals surface area contributed by atoms with Crippen molar-refractivity contribution in [3.8, 4) is 0 Å². The van der Waals surface area contributed by atoms with Gasteiger partial charge in [-0.25, -0.2) is 0 Å². The van der Waals surface area contributed by atoms with Crippen LogP contribution in [0.2, 0.25) is 0 Å². The highest BCUT2D eigenvalue weighted by molar-refractivity contribution is 7.13. The number of H-pyrrole nitrogens is 1.